The quantitative estimate of drug-likeness (QED) is 0.932. The van der Waals surface area contributed by atoms with Crippen LogP contribution in [0.5, 0.6) is 0 Å². The number of hydrogen-bond donors (Lipinski definition) is 1. The Hall–Kier alpha value is -1.49. The predicted octanol–water partition coefficient (Wildman–Crippen LogP) is 3.01. The van der Waals surface area contributed by atoms with Gasteiger partial charge in [-0.1, -0.05) is 6.07 Å². The van der Waals surface area contributed by atoms with Crippen LogP contribution in [-0.2, 0) is 0 Å². The Balaban J connectivity index is 2.27. The first-order valence-electron chi connectivity index (χ1n) is 7.46. The molecule has 0 aromatic heterocycles. The molecule has 1 aromatic carbocycles. The molecule has 1 fully saturated rings. The van der Waals surface area contributed by atoms with Crippen LogP contribution in [0.3, 0.4) is 0 Å². The van der Waals surface area contributed by atoms with Crippen LogP contribution in [0.15, 0.2) is 12.1 Å². The number of nitrogens with zero attached hydrogens (tertiary/aromatic N) is 1. The second-order valence-electron chi connectivity index (χ2n) is 5.71. The Morgan fingerprint density at radius 2 is 1.90 bits per heavy atom. The van der Waals surface area contributed by atoms with Gasteiger partial charge in [0.1, 0.15) is 17.2 Å². The third-order valence-electron chi connectivity index (χ3n) is 4.28. The molecule has 0 atom stereocenters. The summed E-state index contributed by atoms with van der Waals surface area (Å²) in [5, 5.41) is 0. The lowest BCUT2D eigenvalue weighted by Gasteiger charge is -2.35. The third kappa shape index (κ3) is 3.23. The first-order valence-corrected chi connectivity index (χ1v) is 7.46. The Labute approximate surface area is 124 Å². The van der Waals surface area contributed by atoms with E-state index < -0.39 is 23.1 Å². The number of hydrogen-bond acceptors (Lipinski definition) is 2. The second kappa shape index (κ2) is 6.52. The molecular formula is C16H22F2N2O. The van der Waals surface area contributed by atoms with E-state index in [9.17, 15) is 13.6 Å². The van der Waals surface area contributed by atoms with Crippen molar-refractivity contribution >= 4 is 5.91 Å². The Bertz CT molecular complexity index is 525. The number of halogens is 2. The molecule has 116 valence electrons. The zero-order valence-electron chi connectivity index (χ0n) is 12.5. The van der Waals surface area contributed by atoms with Gasteiger partial charge in [-0.25, -0.2) is 8.78 Å². The van der Waals surface area contributed by atoms with Crippen molar-refractivity contribution in [1.29, 1.82) is 0 Å². The lowest BCUT2D eigenvalue weighted by Crippen LogP contribution is -2.44. The van der Waals surface area contributed by atoms with Crippen molar-refractivity contribution in [1.82, 2.24) is 4.90 Å². The van der Waals surface area contributed by atoms with Gasteiger partial charge in [0.25, 0.3) is 5.91 Å². The van der Waals surface area contributed by atoms with Gasteiger partial charge in [-0.15, -0.1) is 0 Å². The van der Waals surface area contributed by atoms with Crippen molar-refractivity contribution in [3.05, 3.63) is 34.9 Å². The fraction of sp³-hybridized carbons (Fsp3) is 0.562. The Morgan fingerprint density at radius 1 is 1.29 bits per heavy atom. The maximum absolute atomic E-state index is 14.1. The fourth-order valence-corrected chi connectivity index (χ4v) is 2.98. The summed E-state index contributed by atoms with van der Waals surface area (Å²) in [6.45, 7) is 3.80. The Kier molecular flexibility index (Phi) is 4.93. The molecule has 0 unspecified atom stereocenters. The third-order valence-corrected chi connectivity index (χ3v) is 4.28. The van der Waals surface area contributed by atoms with Gasteiger partial charge in [-0.3, -0.25) is 4.79 Å². The van der Waals surface area contributed by atoms with Gasteiger partial charge < -0.3 is 10.6 Å². The molecular weight excluding hydrogens is 274 g/mol. The molecule has 5 heteroatoms. The summed E-state index contributed by atoms with van der Waals surface area (Å²) in [6.07, 6.45) is 3.26. The highest BCUT2D eigenvalue weighted by Crippen LogP contribution is 2.25. The van der Waals surface area contributed by atoms with E-state index in [1.54, 1.807) is 4.90 Å². The number of amides is 1. The van der Waals surface area contributed by atoms with Crippen LogP contribution in [0, 0.1) is 18.6 Å². The molecule has 1 aliphatic carbocycles. The monoisotopic (exact) mass is 296 g/mol. The van der Waals surface area contributed by atoms with Crippen LogP contribution >= 0.6 is 0 Å². The van der Waals surface area contributed by atoms with Crippen molar-refractivity contribution in [2.24, 2.45) is 5.73 Å². The first-order chi connectivity index (χ1) is 9.95. The number of nitrogens with two attached hydrogens (primary N) is 1. The summed E-state index contributed by atoms with van der Waals surface area (Å²) in [5.74, 6) is -2.11. The molecule has 0 radical (unpaired) electrons. The molecule has 0 saturated heterocycles. The predicted molar refractivity (Wildman–Crippen MR) is 78.0 cm³/mol. The maximum Gasteiger partial charge on any atom is 0.260 e. The zero-order valence-corrected chi connectivity index (χ0v) is 12.5. The van der Waals surface area contributed by atoms with E-state index in [0.717, 1.165) is 31.7 Å². The normalized spacial score (nSPS) is 22.1. The molecule has 0 spiro atoms. The lowest BCUT2D eigenvalue weighted by atomic mass is 9.90. The summed E-state index contributed by atoms with van der Waals surface area (Å²) in [4.78, 5) is 14.1. The molecule has 21 heavy (non-hydrogen) atoms. The minimum Gasteiger partial charge on any atom is -0.336 e. The SMILES string of the molecule is CCN(C(=O)c1c(F)ccc(C)c1F)C1CCC(N)CC1. The van der Waals surface area contributed by atoms with Crippen LogP contribution in [0.1, 0.15) is 48.5 Å². The number of rotatable bonds is 3. The van der Waals surface area contributed by atoms with Crippen LogP contribution < -0.4 is 5.73 Å². The first kappa shape index (κ1) is 15.9. The number of carbonyl (C=O) groups is 1. The smallest absolute Gasteiger partial charge is 0.260 e. The van der Waals surface area contributed by atoms with E-state index in [1.165, 1.54) is 13.0 Å². The average Bonchev–Trinajstić information content (AvgIpc) is 2.46. The minimum atomic E-state index is -0.797. The van der Waals surface area contributed by atoms with Crippen molar-refractivity contribution in [2.75, 3.05) is 6.54 Å². The number of carbonyl (C=O) groups excluding carboxylic acids is 1. The van der Waals surface area contributed by atoms with Gasteiger partial charge in [0, 0.05) is 18.6 Å². The van der Waals surface area contributed by atoms with Crippen molar-refractivity contribution < 1.29 is 13.6 Å². The lowest BCUT2D eigenvalue weighted by molar-refractivity contribution is 0.0630. The highest BCUT2D eigenvalue weighted by atomic mass is 19.1. The molecule has 1 amide bonds. The zero-order chi connectivity index (χ0) is 15.6. The van der Waals surface area contributed by atoms with E-state index in [-0.39, 0.29) is 17.6 Å². The minimum absolute atomic E-state index is 0.0154. The highest BCUT2D eigenvalue weighted by Gasteiger charge is 2.30. The van der Waals surface area contributed by atoms with Gasteiger partial charge in [0.15, 0.2) is 0 Å². The fourth-order valence-electron chi connectivity index (χ4n) is 2.98. The molecule has 0 heterocycles. The second-order valence-corrected chi connectivity index (χ2v) is 5.71. The van der Waals surface area contributed by atoms with E-state index in [0.29, 0.717) is 6.54 Å². The number of aryl methyl sites for hydroxylation is 1. The van der Waals surface area contributed by atoms with Crippen molar-refractivity contribution in [3.63, 3.8) is 0 Å². The number of benzene rings is 1. The molecule has 1 saturated carbocycles. The van der Waals surface area contributed by atoms with Gasteiger partial charge in [-0.05, 0) is 51.2 Å². The molecule has 0 aliphatic heterocycles. The molecule has 1 aromatic rings. The molecule has 1 aliphatic rings. The van der Waals surface area contributed by atoms with Crippen molar-refractivity contribution in [3.8, 4) is 0 Å². The summed E-state index contributed by atoms with van der Waals surface area (Å²) in [6, 6.07) is 2.68. The molecule has 0 bridgehead atoms. The van der Waals surface area contributed by atoms with Crippen LogP contribution in [0.2, 0.25) is 0 Å². The van der Waals surface area contributed by atoms with E-state index in [4.69, 9.17) is 5.73 Å². The summed E-state index contributed by atoms with van der Waals surface area (Å²) < 4.78 is 28.0. The molecule has 3 nitrogen and oxygen atoms in total. The average molecular weight is 296 g/mol. The summed E-state index contributed by atoms with van der Waals surface area (Å²) in [5.41, 5.74) is 5.71. The highest BCUT2D eigenvalue weighted by molar-refractivity contribution is 5.95. The summed E-state index contributed by atoms with van der Waals surface area (Å²) in [7, 11) is 0. The maximum atomic E-state index is 14.1. The van der Waals surface area contributed by atoms with E-state index in [2.05, 4.69) is 0 Å². The van der Waals surface area contributed by atoms with Gasteiger partial charge in [0.05, 0.1) is 0 Å². The van der Waals surface area contributed by atoms with Crippen LogP contribution in [0.4, 0.5) is 8.78 Å². The van der Waals surface area contributed by atoms with Gasteiger partial charge in [0.2, 0.25) is 0 Å². The topological polar surface area (TPSA) is 46.3 Å². The largest absolute Gasteiger partial charge is 0.336 e. The van der Waals surface area contributed by atoms with Gasteiger partial charge in [-0.2, -0.15) is 0 Å². The van der Waals surface area contributed by atoms with Crippen LogP contribution in [-0.4, -0.2) is 29.4 Å². The van der Waals surface area contributed by atoms with Crippen LogP contribution in [0.25, 0.3) is 0 Å². The molecule has 2 rings (SSSR count). The van der Waals surface area contributed by atoms with E-state index in [1.807, 2.05) is 6.92 Å². The summed E-state index contributed by atoms with van der Waals surface area (Å²) >= 11 is 0. The standard InChI is InChI=1S/C16H22F2N2O/c1-3-20(12-7-5-11(19)6-8-12)16(21)14-13(17)9-4-10(2)15(14)18/h4,9,11-12H,3,5-8,19H2,1-2H3. The van der Waals surface area contributed by atoms with Crippen molar-refractivity contribution in [2.45, 2.75) is 51.6 Å². The van der Waals surface area contributed by atoms with Gasteiger partial charge >= 0.3 is 0 Å². The Morgan fingerprint density at radius 3 is 2.48 bits per heavy atom. The van der Waals surface area contributed by atoms with E-state index >= 15 is 0 Å². The molecule has 2 N–H and O–H groups in total.